The van der Waals surface area contributed by atoms with Crippen LogP contribution in [-0.2, 0) is 19.1 Å². The molecule has 9 nitrogen and oxygen atoms in total. The van der Waals surface area contributed by atoms with Crippen molar-refractivity contribution in [2.45, 2.75) is 58.0 Å². The topological polar surface area (TPSA) is 135 Å². The molecule has 1 aliphatic rings. The number of carboxylic acids is 2. The van der Waals surface area contributed by atoms with Crippen LogP contribution >= 0.6 is 0 Å². The molecule has 1 aromatic rings. The fourth-order valence-electron chi connectivity index (χ4n) is 2.51. The lowest BCUT2D eigenvalue weighted by Crippen LogP contribution is -2.35. The van der Waals surface area contributed by atoms with E-state index in [-0.39, 0.29) is 25.7 Å². The van der Waals surface area contributed by atoms with Crippen LogP contribution < -0.4 is 10.1 Å². The molecule has 0 amide bonds. The summed E-state index contributed by atoms with van der Waals surface area (Å²) in [5, 5.41) is 29.3. The number of ether oxygens (including phenoxy) is 3. The Balaban J connectivity index is 0.000000382. The fraction of sp³-hybridized carbons (Fsp3) is 0.619. The number of aliphatic carboxylic acids is 2. The largest absolute Gasteiger partial charge is 0.490 e. The molecular formula is C21H33NO8. The average Bonchev–Trinajstić information content (AvgIpc) is 3.23. The van der Waals surface area contributed by atoms with E-state index in [2.05, 4.69) is 5.32 Å². The summed E-state index contributed by atoms with van der Waals surface area (Å²) >= 11 is 0. The molecule has 1 unspecified atom stereocenters. The molecule has 0 radical (unpaired) electrons. The van der Waals surface area contributed by atoms with Gasteiger partial charge < -0.3 is 34.8 Å². The van der Waals surface area contributed by atoms with Gasteiger partial charge in [-0.3, -0.25) is 9.59 Å². The second-order valence-electron chi connectivity index (χ2n) is 7.13. The number of benzene rings is 1. The van der Waals surface area contributed by atoms with Crippen LogP contribution in [0.4, 0.5) is 0 Å². The summed E-state index contributed by atoms with van der Waals surface area (Å²) < 4.78 is 16.7. The van der Waals surface area contributed by atoms with Crippen molar-refractivity contribution in [3.8, 4) is 5.75 Å². The lowest BCUT2D eigenvalue weighted by atomic mass is 10.2. The number of hydrogen-bond donors (Lipinski definition) is 4. The molecule has 0 bridgehead atoms. The molecule has 170 valence electrons. The van der Waals surface area contributed by atoms with Gasteiger partial charge in [0.05, 0.1) is 13.2 Å². The van der Waals surface area contributed by atoms with Gasteiger partial charge in [-0.25, -0.2) is 0 Å². The van der Waals surface area contributed by atoms with Crippen molar-refractivity contribution in [3.63, 3.8) is 0 Å². The molecule has 1 heterocycles. The average molecular weight is 427 g/mol. The summed E-state index contributed by atoms with van der Waals surface area (Å²) in [6, 6.07) is 7.95. The summed E-state index contributed by atoms with van der Waals surface area (Å²) in [6.45, 7) is 6.02. The highest BCUT2D eigenvalue weighted by Crippen LogP contribution is 2.30. The van der Waals surface area contributed by atoms with E-state index in [4.69, 9.17) is 24.4 Å². The minimum absolute atomic E-state index is 0.0628. The van der Waals surface area contributed by atoms with Crippen molar-refractivity contribution in [1.29, 1.82) is 0 Å². The highest BCUT2D eigenvalue weighted by molar-refractivity contribution is 5.67. The fourth-order valence-corrected chi connectivity index (χ4v) is 2.51. The van der Waals surface area contributed by atoms with Gasteiger partial charge in [-0.1, -0.05) is 32.0 Å². The Morgan fingerprint density at radius 3 is 2.20 bits per heavy atom. The van der Waals surface area contributed by atoms with Gasteiger partial charge in [0.1, 0.15) is 18.5 Å². The molecule has 0 aliphatic carbocycles. The molecule has 0 saturated carbocycles. The first-order valence-corrected chi connectivity index (χ1v) is 10.1. The zero-order valence-electron chi connectivity index (χ0n) is 17.6. The van der Waals surface area contributed by atoms with Crippen molar-refractivity contribution in [2.75, 3.05) is 26.4 Å². The molecule has 1 aromatic carbocycles. The Kier molecular flexibility index (Phi) is 12.7. The summed E-state index contributed by atoms with van der Waals surface area (Å²) in [6.07, 6.45) is 0.108. The molecule has 1 aliphatic heterocycles. The Morgan fingerprint density at radius 1 is 1.10 bits per heavy atom. The smallest absolute Gasteiger partial charge is 0.303 e. The molecule has 0 aromatic heterocycles. The Hall–Kier alpha value is -2.20. The first-order chi connectivity index (χ1) is 14.3. The van der Waals surface area contributed by atoms with Gasteiger partial charge >= 0.3 is 11.9 Å². The van der Waals surface area contributed by atoms with E-state index < -0.39 is 18.0 Å². The normalized spacial score (nSPS) is 14.8. The number of unbranched alkanes of at least 4 members (excludes halogenated alkanes) is 1. The molecule has 2 rings (SSSR count). The number of nitrogens with one attached hydrogen (secondary N) is 1. The summed E-state index contributed by atoms with van der Waals surface area (Å²) in [4.78, 5) is 19.8. The third-order valence-electron chi connectivity index (χ3n) is 4.02. The maximum Gasteiger partial charge on any atom is 0.303 e. The van der Waals surface area contributed by atoms with Crippen molar-refractivity contribution >= 4 is 11.9 Å². The first-order valence-electron chi connectivity index (χ1n) is 10.1. The van der Waals surface area contributed by atoms with E-state index >= 15 is 0 Å². The van der Waals surface area contributed by atoms with Gasteiger partial charge in [-0.15, -0.1) is 0 Å². The number of rotatable bonds is 12. The second kappa shape index (κ2) is 14.7. The van der Waals surface area contributed by atoms with Crippen molar-refractivity contribution < 1.29 is 39.1 Å². The summed E-state index contributed by atoms with van der Waals surface area (Å²) in [5.41, 5.74) is 0.869. The Labute approximate surface area is 177 Å². The summed E-state index contributed by atoms with van der Waals surface area (Å²) in [5.74, 6) is -1.04. The number of carbonyl (C=O) groups is 2. The molecule has 4 N–H and O–H groups in total. The van der Waals surface area contributed by atoms with Crippen LogP contribution in [0.3, 0.4) is 0 Å². The van der Waals surface area contributed by atoms with Crippen molar-refractivity contribution in [3.05, 3.63) is 29.8 Å². The Morgan fingerprint density at radius 2 is 1.67 bits per heavy atom. The predicted molar refractivity (Wildman–Crippen MR) is 109 cm³/mol. The molecule has 1 atom stereocenters. The van der Waals surface area contributed by atoms with Crippen LogP contribution in [0.15, 0.2) is 24.3 Å². The molecule has 30 heavy (non-hydrogen) atoms. The van der Waals surface area contributed by atoms with Crippen LogP contribution in [0.25, 0.3) is 0 Å². The van der Waals surface area contributed by atoms with E-state index in [1.165, 1.54) is 0 Å². The number of aliphatic hydroxyl groups is 1. The maximum absolute atomic E-state index is 9.90. The van der Waals surface area contributed by atoms with E-state index in [0.29, 0.717) is 44.4 Å². The maximum atomic E-state index is 9.90. The van der Waals surface area contributed by atoms with Crippen LogP contribution in [0, 0.1) is 0 Å². The lowest BCUT2D eigenvalue weighted by Gasteiger charge is -2.18. The minimum Gasteiger partial charge on any atom is -0.490 e. The minimum atomic E-state index is -0.870. The van der Waals surface area contributed by atoms with Gasteiger partial charge in [0.2, 0.25) is 0 Å². The van der Waals surface area contributed by atoms with Crippen molar-refractivity contribution in [1.82, 2.24) is 5.32 Å². The van der Waals surface area contributed by atoms with E-state index in [1.54, 1.807) is 0 Å². The first kappa shape index (κ1) is 25.8. The zero-order chi connectivity index (χ0) is 22.4. The van der Waals surface area contributed by atoms with Crippen LogP contribution in [0.1, 0.15) is 51.4 Å². The Bertz CT molecular complexity index is 615. The number of aliphatic hydroxyl groups excluding tert-OH is 1. The third-order valence-corrected chi connectivity index (χ3v) is 4.02. The SMILES string of the molecule is CC(C)NCC(O)COc1ccccc1C1OCCO1.O=C(O)CCCCC(=O)O. The number of hydrogen-bond acceptors (Lipinski definition) is 7. The standard InChI is InChI=1S/C15H23NO4.C6H10O4/c1-11(2)16-9-12(17)10-20-14-6-4-3-5-13(14)15-18-7-8-19-15;7-5(8)3-1-2-4-6(9)10/h3-6,11-12,15-17H,7-10H2,1-2H3;1-4H2,(H,7,8)(H,9,10). The van der Waals surface area contributed by atoms with Gasteiger partial charge in [-0.05, 0) is 18.9 Å². The van der Waals surface area contributed by atoms with E-state index in [1.807, 2.05) is 38.1 Å². The van der Waals surface area contributed by atoms with Gasteiger partial charge in [0, 0.05) is 31.0 Å². The lowest BCUT2D eigenvalue weighted by molar-refractivity contribution is -0.139. The number of para-hydroxylation sites is 1. The molecule has 1 fully saturated rings. The highest BCUT2D eigenvalue weighted by atomic mass is 16.7. The summed E-state index contributed by atoms with van der Waals surface area (Å²) in [7, 11) is 0. The van der Waals surface area contributed by atoms with Gasteiger partial charge in [-0.2, -0.15) is 0 Å². The number of carboxylic acid groups (broad SMARTS) is 2. The third kappa shape index (κ3) is 11.7. The van der Waals surface area contributed by atoms with Crippen LogP contribution in [0.5, 0.6) is 5.75 Å². The quantitative estimate of drug-likeness (QED) is 0.370. The van der Waals surface area contributed by atoms with Crippen LogP contribution in [0.2, 0.25) is 0 Å². The van der Waals surface area contributed by atoms with Gasteiger partial charge in [0.15, 0.2) is 6.29 Å². The highest BCUT2D eigenvalue weighted by Gasteiger charge is 2.22. The monoisotopic (exact) mass is 427 g/mol. The predicted octanol–water partition coefficient (Wildman–Crippen LogP) is 2.19. The van der Waals surface area contributed by atoms with Crippen molar-refractivity contribution in [2.24, 2.45) is 0 Å². The molecule has 0 spiro atoms. The van der Waals surface area contributed by atoms with Gasteiger partial charge in [0.25, 0.3) is 0 Å². The zero-order valence-corrected chi connectivity index (χ0v) is 17.6. The molecule has 9 heteroatoms. The van der Waals surface area contributed by atoms with E-state index in [0.717, 1.165) is 5.56 Å². The second-order valence-corrected chi connectivity index (χ2v) is 7.13. The van der Waals surface area contributed by atoms with Crippen LogP contribution in [-0.4, -0.2) is 65.8 Å². The molecule has 1 saturated heterocycles. The molecular weight excluding hydrogens is 394 g/mol. The van der Waals surface area contributed by atoms with E-state index in [9.17, 15) is 14.7 Å².